The SMILES string of the molecule is CCC(C(=O)NC)N(Cc1ccc(OC)cc1)C(=O)COc1ccc(Cl)c(C)c1. The first kappa shape index (κ1) is 22.6. The summed E-state index contributed by atoms with van der Waals surface area (Å²) in [5.41, 5.74) is 1.76. The summed E-state index contributed by atoms with van der Waals surface area (Å²) >= 11 is 6.03. The summed E-state index contributed by atoms with van der Waals surface area (Å²) in [6.45, 7) is 3.85. The Labute approximate surface area is 176 Å². The highest BCUT2D eigenvalue weighted by Gasteiger charge is 2.28. The van der Waals surface area contributed by atoms with Gasteiger partial charge in [0.2, 0.25) is 5.91 Å². The standard InChI is InChI=1S/C22H27ClN2O4/c1-5-20(22(27)24-3)25(13-16-6-8-17(28-4)9-7-16)21(26)14-29-18-10-11-19(23)15(2)12-18/h6-12,20H,5,13-14H2,1-4H3,(H,24,27). The number of methoxy groups -OCH3 is 1. The van der Waals surface area contributed by atoms with E-state index < -0.39 is 6.04 Å². The van der Waals surface area contributed by atoms with Crippen LogP contribution >= 0.6 is 11.6 Å². The quantitative estimate of drug-likeness (QED) is 0.675. The zero-order valence-electron chi connectivity index (χ0n) is 17.2. The Morgan fingerprint density at radius 1 is 1.14 bits per heavy atom. The van der Waals surface area contributed by atoms with Gasteiger partial charge < -0.3 is 19.7 Å². The van der Waals surface area contributed by atoms with E-state index >= 15 is 0 Å². The normalized spacial score (nSPS) is 11.5. The average Bonchev–Trinajstić information content (AvgIpc) is 2.74. The zero-order chi connectivity index (χ0) is 21.4. The summed E-state index contributed by atoms with van der Waals surface area (Å²) in [6.07, 6.45) is 0.488. The second kappa shape index (κ2) is 10.7. The van der Waals surface area contributed by atoms with Crippen LogP contribution in [0.4, 0.5) is 0 Å². The van der Waals surface area contributed by atoms with Gasteiger partial charge in [0.1, 0.15) is 17.5 Å². The van der Waals surface area contributed by atoms with Crippen LogP contribution in [0.2, 0.25) is 5.02 Å². The maximum absolute atomic E-state index is 13.0. The molecule has 2 aromatic rings. The number of hydrogen-bond donors (Lipinski definition) is 1. The molecule has 29 heavy (non-hydrogen) atoms. The van der Waals surface area contributed by atoms with Crippen molar-refractivity contribution < 1.29 is 19.1 Å². The molecule has 1 unspecified atom stereocenters. The highest BCUT2D eigenvalue weighted by atomic mass is 35.5. The largest absolute Gasteiger partial charge is 0.497 e. The van der Waals surface area contributed by atoms with Crippen LogP contribution in [0.25, 0.3) is 0 Å². The van der Waals surface area contributed by atoms with E-state index in [2.05, 4.69) is 5.32 Å². The number of likely N-dealkylation sites (N-methyl/N-ethyl adjacent to an activating group) is 1. The number of aryl methyl sites for hydroxylation is 1. The van der Waals surface area contributed by atoms with Gasteiger partial charge in [-0.15, -0.1) is 0 Å². The predicted octanol–water partition coefficient (Wildman–Crippen LogP) is 3.59. The van der Waals surface area contributed by atoms with Gasteiger partial charge in [0.15, 0.2) is 6.61 Å². The molecular formula is C22H27ClN2O4. The third-order valence-corrected chi connectivity index (χ3v) is 5.06. The van der Waals surface area contributed by atoms with Crippen molar-refractivity contribution in [1.82, 2.24) is 10.2 Å². The molecule has 156 valence electrons. The molecule has 0 saturated carbocycles. The van der Waals surface area contributed by atoms with Gasteiger partial charge in [-0.2, -0.15) is 0 Å². The van der Waals surface area contributed by atoms with Gasteiger partial charge >= 0.3 is 0 Å². The molecule has 1 atom stereocenters. The molecule has 0 heterocycles. The summed E-state index contributed by atoms with van der Waals surface area (Å²) in [5, 5.41) is 3.27. The zero-order valence-corrected chi connectivity index (χ0v) is 18.0. The average molecular weight is 419 g/mol. The fourth-order valence-corrected chi connectivity index (χ4v) is 3.07. The van der Waals surface area contributed by atoms with Crippen molar-refractivity contribution in [3.63, 3.8) is 0 Å². The lowest BCUT2D eigenvalue weighted by Gasteiger charge is -2.30. The summed E-state index contributed by atoms with van der Waals surface area (Å²) in [7, 11) is 3.16. The molecule has 2 amide bonds. The molecule has 0 radical (unpaired) electrons. The van der Waals surface area contributed by atoms with Crippen LogP contribution in [0.3, 0.4) is 0 Å². The Morgan fingerprint density at radius 3 is 2.34 bits per heavy atom. The van der Waals surface area contributed by atoms with Gasteiger partial charge in [-0.3, -0.25) is 9.59 Å². The third kappa shape index (κ3) is 6.12. The number of rotatable bonds is 9. The van der Waals surface area contributed by atoms with E-state index in [9.17, 15) is 9.59 Å². The van der Waals surface area contributed by atoms with E-state index in [1.54, 1.807) is 37.3 Å². The molecule has 2 aromatic carbocycles. The van der Waals surface area contributed by atoms with E-state index in [-0.39, 0.29) is 25.0 Å². The Bertz CT molecular complexity index is 839. The van der Waals surface area contributed by atoms with E-state index in [0.717, 1.165) is 16.9 Å². The van der Waals surface area contributed by atoms with Crippen LogP contribution in [0.15, 0.2) is 42.5 Å². The summed E-state index contributed by atoms with van der Waals surface area (Å²) in [6, 6.07) is 12.0. The number of hydrogen-bond acceptors (Lipinski definition) is 4. The van der Waals surface area contributed by atoms with Crippen molar-refractivity contribution >= 4 is 23.4 Å². The first-order valence-corrected chi connectivity index (χ1v) is 9.80. The van der Waals surface area contributed by atoms with Crippen LogP contribution < -0.4 is 14.8 Å². The third-order valence-electron chi connectivity index (χ3n) is 4.64. The smallest absolute Gasteiger partial charge is 0.261 e. The van der Waals surface area contributed by atoms with Crippen molar-refractivity contribution in [2.24, 2.45) is 0 Å². The van der Waals surface area contributed by atoms with Gasteiger partial charge in [-0.05, 0) is 54.8 Å². The molecule has 0 saturated heterocycles. The second-order valence-electron chi connectivity index (χ2n) is 6.61. The molecule has 0 aliphatic carbocycles. The summed E-state index contributed by atoms with van der Waals surface area (Å²) < 4.78 is 10.8. The van der Waals surface area contributed by atoms with E-state index in [0.29, 0.717) is 17.2 Å². The molecular weight excluding hydrogens is 392 g/mol. The van der Waals surface area contributed by atoms with E-state index in [1.807, 2.05) is 38.1 Å². The van der Waals surface area contributed by atoms with Crippen LogP contribution in [0.1, 0.15) is 24.5 Å². The number of carbonyl (C=O) groups excluding carboxylic acids is 2. The van der Waals surface area contributed by atoms with Crippen molar-refractivity contribution in [2.45, 2.75) is 32.9 Å². The Balaban J connectivity index is 2.18. The maximum atomic E-state index is 13.0. The lowest BCUT2D eigenvalue weighted by molar-refractivity contribution is -0.142. The van der Waals surface area contributed by atoms with Crippen LogP contribution in [0.5, 0.6) is 11.5 Å². The van der Waals surface area contributed by atoms with Crippen LogP contribution in [-0.2, 0) is 16.1 Å². The molecule has 0 aromatic heterocycles. The Morgan fingerprint density at radius 2 is 1.79 bits per heavy atom. The minimum Gasteiger partial charge on any atom is -0.497 e. The number of halogens is 1. The van der Waals surface area contributed by atoms with E-state index in [1.165, 1.54) is 0 Å². The number of ether oxygens (including phenoxy) is 2. The fraction of sp³-hybridized carbons (Fsp3) is 0.364. The first-order valence-electron chi connectivity index (χ1n) is 9.42. The molecule has 0 aliphatic rings. The van der Waals surface area contributed by atoms with Crippen molar-refractivity contribution in [2.75, 3.05) is 20.8 Å². The molecule has 0 fully saturated rings. The highest BCUT2D eigenvalue weighted by Crippen LogP contribution is 2.21. The van der Waals surface area contributed by atoms with E-state index in [4.69, 9.17) is 21.1 Å². The molecule has 7 heteroatoms. The van der Waals surface area contributed by atoms with Crippen molar-refractivity contribution in [3.05, 3.63) is 58.6 Å². The van der Waals surface area contributed by atoms with Gasteiger partial charge in [0, 0.05) is 18.6 Å². The summed E-state index contributed by atoms with van der Waals surface area (Å²) in [5.74, 6) is 0.796. The van der Waals surface area contributed by atoms with Gasteiger partial charge in [-0.1, -0.05) is 30.7 Å². The van der Waals surface area contributed by atoms with Crippen molar-refractivity contribution in [1.29, 1.82) is 0 Å². The molecule has 0 spiro atoms. The lowest BCUT2D eigenvalue weighted by atomic mass is 10.1. The summed E-state index contributed by atoms with van der Waals surface area (Å²) in [4.78, 5) is 26.9. The Hall–Kier alpha value is -2.73. The molecule has 0 aliphatic heterocycles. The predicted molar refractivity (Wildman–Crippen MR) is 113 cm³/mol. The number of amides is 2. The first-order chi connectivity index (χ1) is 13.9. The lowest BCUT2D eigenvalue weighted by Crippen LogP contribution is -2.49. The van der Waals surface area contributed by atoms with Gasteiger partial charge in [0.25, 0.3) is 5.91 Å². The topological polar surface area (TPSA) is 67.9 Å². The highest BCUT2D eigenvalue weighted by molar-refractivity contribution is 6.31. The molecule has 6 nitrogen and oxygen atoms in total. The molecule has 1 N–H and O–H groups in total. The monoisotopic (exact) mass is 418 g/mol. The van der Waals surface area contributed by atoms with Crippen molar-refractivity contribution in [3.8, 4) is 11.5 Å². The Kier molecular flexibility index (Phi) is 8.34. The second-order valence-corrected chi connectivity index (χ2v) is 7.01. The number of nitrogens with one attached hydrogen (secondary N) is 1. The fourth-order valence-electron chi connectivity index (χ4n) is 2.95. The maximum Gasteiger partial charge on any atom is 0.261 e. The van der Waals surface area contributed by atoms with Gasteiger partial charge in [0.05, 0.1) is 7.11 Å². The molecule has 2 rings (SSSR count). The van der Waals surface area contributed by atoms with Gasteiger partial charge in [-0.25, -0.2) is 0 Å². The molecule has 0 bridgehead atoms. The number of nitrogens with zero attached hydrogens (tertiary/aromatic N) is 1. The van der Waals surface area contributed by atoms with Crippen LogP contribution in [-0.4, -0.2) is 43.5 Å². The minimum absolute atomic E-state index is 0.176. The van der Waals surface area contributed by atoms with Crippen LogP contribution in [0, 0.1) is 6.92 Å². The number of carbonyl (C=O) groups is 2. The minimum atomic E-state index is -0.592. The number of benzene rings is 2.